The van der Waals surface area contributed by atoms with E-state index in [1.54, 1.807) is 55.6 Å². The highest BCUT2D eigenvalue weighted by molar-refractivity contribution is 7.22. The largest absolute Gasteiger partial charge is 0.503 e. The number of anilines is 1. The van der Waals surface area contributed by atoms with Crippen LogP contribution in [0.2, 0.25) is 0 Å². The number of fused-ring (bicyclic) bond motifs is 2. The van der Waals surface area contributed by atoms with Gasteiger partial charge in [-0.05, 0) is 54.4 Å². The smallest absolute Gasteiger partial charge is 0.296 e. The lowest BCUT2D eigenvalue weighted by Gasteiger charge is -2.25. The SMILES string of the molecule is CCCCCOc1ccc(C2C(C(=O)c3cc4ccccc4o3)=C(O)C(=O)N2c2nc3ccc(OC)cc3s2)cc1OC. The maximum atomic E-state index is 14.0. The Labute approximate surface area is 251 Å². The number of ketones is 1. The molecular formula is C33H30N2O7S. The van der Waals surface area contributed by atoms with Crippen LogP contribution in [0.3, 0.4) is 0 Å². The number of hydrogen-bond donors (Lipinski definition) is 1. The number of rotatable bonds is 11. The number of thiazole rings is 1. The van der Waals surface area contributed by atoms with E-state index in [-0.39, 0.29) is 11.3 Å². The topological polar surface area (TPSA) is 111 Å². The van der Waals surface area contributed by atoms with Crippen LogP contribution < -0.4 is 19.1 Å². The second kappa shape index (κ2) is 11.8. The highest BCUT2D eigenvalue weighted by atomic mass is 32.1. The van der Waals surface area contributed by atoms with E-state index in [0.717, 1.165) is 29.3 Å². The second-order valence-electron chi connectivity index (χ2n) is 10.1. The van der Waals surface area contributed by atoms with Crippen LogP contribution in [0.4, 0.5) is 5.13 Å². The Bertz CT molecular complexity index is 1840. The zero-order valence-corrected chi connectivity index (χ0v) is 24.8. The molecule has 1 amide bonds. The molecule has 0 aliphatic carbocycles. The van der Waals surface area contributed by atoms with Crippen LogP contribution in [0.25, 0.3) is 21.2 Å². The number of aliphatic hydroxyl groups excluding tert-OH is 1. The van der Waals surface area contributed by atoms with Crippen LogP contribution in [0.15, 0.2) is 82.5 Å². The van der Waals surface area contributed by atoms with Crippen molar-refractivity contribution in [2.24, 2.45) is 0 Å². The van der Waals surface area contributed by atoms with Gasteiger partial charge in [0.25, 0.3) is 5.91 Å². The first-order valence-corrected chi connectivity index (χ1v) is 14.8. The summed E-state index contributed by atoms with van der Waals surface area (Å²) in [6, 6.07) is 18.5. The summed E-state index contributed by atoms with van der Waals surface area (Å²) in [5.41, 5.74) is 1.60. The number of methoxy groups -OCH3 is 2. The number of carbonyl (C=O) groups is 2. The molecule has 1 atom stereocenters. The van der Waals surface area contributed by atoms with E-state index in [9.17, 15) is 14.7 Å². The summed E-state index contributed by atoms with van der Waals surface area (Å²) < 4.78 is 23.6. The number of benzene rings is 3. The van der Waals surface area contributed by atoms with Crippen molar-refractivity contribution in [1.82, 2.24) is 4.98 Å². The van der Waals surface area contributed by atoms with Gasteiger partial charge in [0.15, 0.2) is 28.1 Å². The van der Waals surface area contributed by atoms with Gasteiger partial charge in [0.05, 0.1) is 42.7 Å². The summed E-state index contributed by atoms with van der Waals surface area (Å²) in [4.78, 5) is 33.8. The van der Waals surface area contributed by atoms with Crippen LogP contribution in [-0.2, 0) is 4.79 Å². The molecule has 0 fully saturated rings. The maximum Gasteiger partial charge on any atom is 0.296 e. The van der Waals surface area contributed by atoms with Gasteiger partial charge in [0.1, 0.15) is 11.3 Å². The first-order chi connectivity index (χ1) is 20.9. The molecule has 2 aromatic heterocycles. The van der Waals surface area contributed by atoms with Gasteiger partial charge < -0.3 is 23.7 Å². The number of aromatic nitrogens is 1. The van der Waals surface area contributed by atoms with Crippen molar-refractivity contribution in [2.75, 3.05) is 25.7 Å². The average molecular weight is 599 g/mol. The van der Waals surface area contributed by atoms with Gasteiger partial charge in [0.2, 0.25) is 5.78 Å². The van der Waals surface area contributed by atoms with E-state index < -0.39 is 23.5 Å². The number of amides is 1. The summed E-state index contributed by atoms with van der Waals surface area (Å²) in [6.45, 7) is 2.66. The number of aliphatic hydroxyl groups is 1. The van der Waals surface area contributed by atoms with Crippen molar-refractivity contribution in [3.8, 4) is 17.2 Å². The molecule has 0 radical (unpaired) electrons. The number of hydrogen-bond acceptors (Lipinski definition) is 9. The predicted octanol–water partition coefficient (Wildman–Crippen LogP) is 7.41. The molecule has 43 heavy (non-hydrogen) atoms. The predicted molar refractivity (Wildman–Crippen MR) is 165 cm³/mol. The van der Waals surface area contributed by atoms with Crippen molar-refractivity contribution in [3.05, 3.63) is 89.4 Å². The highest BCUT2D eigenvalue weighted by Gasteiger charge is 2.47. The van der Waals surface area contributed by atoms with E-state index in [4.69, 9.17) is 18.6 Å². The lowest BCUT2D eigenvalue weighted by molar-refractivity contribution is -0.117. The number of furan rings is 1. The Morgan fingerprint density at radius 3 is 2.63 bits per heavy atom. The first-order valence-electron chi connectivity index (χ1n) is 14.0. The molecule has 1 unspecified atom stereocenters. The maximum absolute atomic E-state index is 14.0. The molecule has 1 aliphatic rings. The quantitative estimate of drug-likeness (QED) is 0.124. The summed E-state index contributed by atoms with van der Waals surface area (Å²) in [7, 11) is 3.11. The number of ether oxygens (including phenoxy) is 3. The molecule has 1 aliphatic heterocycles. The molecule has 9 nitrogen and oxygen atoms in total. The van der Waals surface area contributed by atoms with Crippen molar-refractivity contribution in [2.45, 2.75) is 32.2 Å². The van der Waals surface area contributed by atoms with E-state index in [0.29, 0.717) is 45.7 Å². The molecular weight excluding hydrogens is 568 g/mol. The normalized spacial score (nSPS) is 15.1. The molecule has 0 spiro atoms. The van der Waals surface area contributed by atoms with Gasteiger partial charge in [0, 0.05) is 5.39 Å². The zero-order valence-electron chi connectivity index (χ0n) is 24.0. The van der Waals surface area contributed by atoms with Gasteiger partial charge in [-0.1, -0.05) is 55.4 Å². The molecule has 0 saturated carbocycles. The molecule has 6 rings (SSSR count). The van der Waals surface area contributed by atoms with E-state index in [1.165, 1.54) is 23.3 Å². The molecule has 1 N–H and O–H groups in total. The lowest BCUT2D eigenvalue weighted by atomic mass is 9.95. The van der Waals surface area contributed by atoms with Crippen LogP contribution in [0.5, 0.6) is 17.2 Å². The first kappa shape index (κ1) is 28.3. The van der Waals surface area contributed by atoms with Gasteiger partial charge in [-0.25, -0.2) is 4.98 Å². The zero-order chi connectivity index (χ0) is 30.1. The fourth-order valence-electron chi connectivity index (χ4n) is 5.21. The highest BCUT2D eigenvalue weighted by Crippen LogP contribution is 2.46. The van der Waals surface area contributed by atoms with Gasteiger partial charge >= 0.3 is 0 Å². The summed E-state index contributed by atoms with van der Waals surface area (Å²) in [5.74, 6) is -0.357. The van der Waals surface area contributed by atoms with Gasteiger partial charge in [-0.3, -0.25) is 14.5 Å². The van der Waals surface area contributed by atoms with Crippen LogP contribution >= 0.6 is 11.3 Å². The van der Waals surface area contributed by atoms with Crippen molar-refractivity contribution in [1.29, 1.82) is 0 Å². The Morgan fingerprint density at radius 2 is 1.86 bits per heavy atom. The third kappa shape index (κ3) is 5.18. The van der Waals surface area contributed by atoms with Crippen molar-refractivity contribution in [3.63, 3.8) is 0 Å². The standard InChI is InChI=1S/C33H30N2O7S/c1-4-5-8-15-41-24-14-11-20(17-25(24)40-3)29-28(30(36)26-16-19-9-6-7-10-23(19)42-26)31(37)32(38)35(29)33-34-22-13-12-21(39-2)18-27(22)43-33/h6-7,9-14,16-18,29,37H,4-5,8,15H2,1-3H3. The Balaban J connectivity index is 1.46. The number of nitrogens with zero attached hydrogens (tertiary/aromatic N) is 2. The number of Topliss-reactive ketones (excluding diaryl/α,β-unsaturated/α-hetero) is 1. The minimum Gasteiger partial charge on any atom is -0.503 e. The van der Waals surface area contributed by atoms with Gasteiger partial charge in [-0.2, -0.15) is 0 Å². The monoisotopic (exact) mass is 598 g/mol. The Morgan fingerprint density at radius 1 is 1.02 bits per heavy atom. The molecule has 5 aromatic rings. The summed E-state index contributed by atoms with van der Waals surface area (Å²) in [6.07, 6.45) is 3.02. The molecule has 0 bridgehead atoms. The molecule has 220 valence electrons. The van der Waals surface area contributed by atoms with Crippen LogP contribution in [0, 0.1) is 0 Å². The molecule has 10 heteroatoms. The Kier molecular flexibility index (Phi) is 7.77. The van der Waals surface area contributed by atoms with Crippen molar-refractivity contribution >= 4 is 49.3 Å². The van der Waals surface area contributed by atoms with Crippen LogP contribution in [0.1, 0.15) is 48.3 Å². The van der Waals surface area contributed by atoms with Crippen molar-refractivity contribution < 1.29 is 33.3 Å². The Hall–Kier alpha value is -4.83. The minimum absolute atomic E-state index is 0.0132. The average Bonchev–Trinajstić information content (AvgIpc) is 3.72. The van der Waals surface area contributed by atoms with E-state index in [1.807, 2.05) is 18.2 Å². The van der Waals surface area contributed by atoms with E-state index in [2.05, 4.69) is 11.9 Å². The lowest BCUT2D eigenvalue weighted by Crippen LogP contribution is -2.31. The summed E-state index contributed by atoms with van der Waals surface area (Å²) in [5, 5.41) is 12.3. The van der Waals surface area contributed by atoms with Crippen LogP contribution in [-0.4, -0.2) is 42.6 Å². The fraction of sp³-hybridized carbons (Fsp3) is 0.242. The number of carbonyl (C=O) groups excluding carboxylic acids is 2. The minimum atomic E-state index is -1.02. The molecule has 3 aromatic carbocycles. The molecule has 0 saturated heterocycles. The van der Waals surface area contributed by atoms with Gasteiger partial charge in [-0.15, -0.1) is 0 Å². The fourth-order valence-corrected chi connectivity index (χ4v) is 6.23. The molecule has 3 heterocycles. The third-order valence-corrected chi connectivity index (χ3v) is 8.42. The number of unbranched alkanes of at least 4 members (excludes halogenated alkanes) is 2. The second-order valence-corrected chi connectivity index (χ2v) is 11.1. The van der Waals surface area contributed by atoms with E-state index >= 15 is 0 Å². The number of para-hydroxylation sites is 1. The summed E-state index contributed by atoms with van der Waals surface area (Å²) >= 11 is 1.26. The third-order valence-electron chi connectivity index (χ3n) is 7.40.